The van der Waals surface area contributed by atoms with Crippen molar-refractivity contribution in [1.82, 2.24) is 10.3 Å². The maximum atomic E-state index is 14.5. The van der Waals surface area contributed by atoms with Gasteiger partial charge in [-0.15, -0.1) is 5.10 Å². The highest BCUT2D eigenvalue weighted by atomic mass is 35.5. The van der Waals surface area contributed by atoms with Crippen LogP contribution in [0.3, 0.4) is 0 Å². The molecule has 2 heterocycles. The highest BCUT2D eigenvalue weighted by molar-refractivity contribution is 8.13. The smallest absolute Gasteiger partial charge is 0.276 e. The highest BCUT2D eigenvalue weighted by Gasteiger charge is 2.36. The number of hydrogen-bond acceptors (Lipinski definition) is 5. The van der Waals surface area contributed by atoms with Crippen LogP contribution in [0.4, 0.5) is 4.39 Å². The third-order valence-corrected chi connectivity index (χ3v) is 4.87. The molecule has 8 heteroatoms. The summed E-state index contributed by atoms with van der Waals surface area (Å²) in [6, 6.07) is 11.6. The van der Waals surface area contributed by atoms with Gasteiger partial charge >= 0.3 is 0 Å². The van der Waals surface area contributed by atoms with Crippen LogP contribution in [0.5, 0.6) is 0 Å². The molecule has 0 aliphatic carbocycles. The minimum absolute atomic E-state index is 0.190. The van der Waals surface area contributed by atoms with E-state index in [1.807, 2.05) is 12.1 Å². The normalized spacial score (nSPS) is 18.8. The quantitative estimate of drug-likeness (QED) is 0.830. The van der Waals surface area contributed by atoms with Gasteiger partial charge in [-0.3, -0.25) is 15.1 Å². The first-order chi connectivity index (χ1) is 12.1. The van der Waals surface area contributed by atoms with E-state index in [2.05, 4.69) is 15.4 Å². The Morgan fingerprint density at radius 3 is 2.80 bits per heavy atom. The molecule has 2 aliphatic rings. The van der Waals surface area contributed by atoms with E-state index in [1.54, 1.807) is 24.5 Å². The predicted molar refractivity (Wildman–Crippen MR) is 95.7 cm³/mol. The molecule has 0 radical (unpaired) electrons. The molecule has 2 aliphatic heterocycles. The van der Waals surface area contributed by atoms with Gasteiger partial charge in [0, 0.05) is 5.22 Å². The van der Waals surface area contributed by atoms with Crippen molar-refractivity contribution in [3.63, 3.8) is 0 Å². The van der Waals surface area contributed by atoms with Crippen LogP contribution in [0.15, 0.2) is 52.6 Å². The lowest BCUT2D eigenvalue weighted by atomic mass is 10.1. The van der Waals surface area contributed by atoms with Gasteiger partial charge in [0.25, 0.3) is 5.91 Å². The lowest BCUT2D eigenvalue weighted by Crippen LogP contribution is -2.50. The molecule has 0 spiro atoms. The fraction of sp³-hybridized carbons (Fsp3) is 0.118. The van der Waals surface area contributed by atoms with Crippen molar-refractivity contribution in [3.8, 4) is 0 Å². The van der Waals surface area contributed by atoms with Gasteiger partial charge in [0.05, 0.1) is 15.9 Å². The Bertz CT molecular complexity index is 1020. The van der Waals surface area contributed by atoms with Crippen LogP contribution in [0.2, 0.25) is 5.02 Å². The first-order valence-corrected chi connectivity index (χ1v) is 9.04. The van der Waals surface area contributed by atoms with Crippen molar-refractivity contribution < 1.29 is 9.18 Å². The second-order valence-corrected chi connectivity index (χ2v) is 6.61. The van der Waals surface area contributed by atoms with Crippen LogP contribution in [0, 0.1) is 5.82 Å². The number of thioether (sulfide) groups is 1. The summed E-state index contributed by atoms with van der Waals surface area (Å²) < 4.78 is 14.5. The number of nitrogens with one attached hydrogen (secondary N) is 1. The first kappa shape index (κ1) is 16.1. The monoisotopic (exact) mass is 374 g/mol. The maximum absolute atomic E-state index is 14.5. The van der Waals surface area contributed by atoms with Crippen molar-refractivity contribution in [1.29, 1.82) is 0 Å². The molecular weight excluding hydrogens is 363 g/mol. The molecule has 126 valence electrons. The number of amidine groups is 1. The largest absolute Gasteiger partial charge is 0.298 e. The lowest BCUT2D eigenvalue weighted by molar-refractivity contribution is -0.116. The number of amides is 1. The SMILES string of the molecule is CSC1=NN2C(=c3ccccc3=N[C@H]2c2c(F)cccc2Cl)C(=O)N1. The van der Waals surface area contributed by atoms with Crippen LogP contribution in [-0.2, 0) is 4.79 Å². The molecule has 0 fully saturated rings. The number of hydrogen-bond donors (Lipinski definition) is 1. The van der Waals surface area contributed by atoms with Crippen LogP contribution in [0.25, 0.3) is 5.70 Å². The molecule has 0 unspecified atom stereocenters. The molecule has 1 amide bonds. The van der Waals surface area contributed by atoms with Crippen LogP contribution in [0.1, 0.15) is 11.7 Å². The fourth-order valence-corrected chi connectivity index (χ4v) is 3.49. The summed E-state index contributed by atoms with van der Waals surface area (Å²) >= 11 is 7.52. The molecule has 0 saturated carbocycles. The summed E-state index contributed by atoms with van der Waals surface area (Å²) in [6.07, 6.45) is 0.941. The van der Waals surface area contributed by atoms with Gasteiger partial charge in [-0.05, 0) is 24.5 Å². The van der Waals surface area contributed by atoms with Gasteiger partial charge in [-0.25, -0.2) is 9.40 Å². The second-order valence-electron chi connectivity index (χ2n) is 5.41. The van der Waals surface area contributed by atoms with Crippen molar-refractivity contribution in [2.75, 3.05) is 6.26 Å². The van der Waals surface area contributed by atoms with Gasteiger partial charge in [-0.1, -0.05) is 47.6 Å². The Morgan fingerprint density at radius 2 is 2.04 bits per heavy atom. The highest BCUT2D eigenvalue weighted by Crippen LogP contribution is 2.35. The van der Waals surface area contributed by atoms with Crippen LogP contribution >= 0.6 is 23.4 Å². The van der Waals surface area contributed by atoms with Gasteiger partial charge < -0.3 is 0 Å². The van der Waals surface area contributed by atoms with E-state index >= 15 is 0 Å². The zero-order valence-corrected chi connectivity index (χ0v) is 14.6. The summed E-state index contributed by atoms with van der Waals surface area (Å²) in [6.45, 7) is 0. The van der Waals surface area contributed by atoms with Crippen LogP contribution < -0.4 is 15.9 Å². The van der Waals surface area contributed by atoms with E-state index < -0.39 is 12.0 Å². The number of carbonyl (C=O) groups excluding carboxylic acids is 1. The molecule has 0 saturated heterocycles. The third-order valence-electron chi connectivity index (χ3n) is 3.97. The Labute approximate surface area is 151 Å². The first-order valence-electron chi connectivity index (χ1n) is 7.44. The van der Waals surface area contributed by atoms with E-state index in [4.69, 9.17) is 11.6 Å². The predicted octanol–water partition coefficient (Wildman–Crippen LogP) is 1.99. The minimum Gasteiger partial charge on any atom is -0.298 e. The van der Waals surface area contributed by atoms with E-state index in [1.165, 1.54) is 28.9 Å². The zero-order chi connectivity index (χ0) is 17.6. The topological polar surface area (TPSA) is 57.1 Å². The van der Waals surface area contributed by atoms with Gasteiger partial charge in [-0.2, -0.15) is 0 Å². The van der Waals surface area contributed by atoms with E-state index in [0.29, 0.717) is 21.4 Å². The molecule has 25 heavy (non-hydrogen) atoms. The van der Waals surface area contributed by atoms with Gasteiger partial charge in [0.2, 0.25) is 0 Å². The number of rotatable bonds is 1. The molecular formula is C17H12ClFN4OS. The molecule has 0 aromatic heterocycles. The molecule has 1 N–H and O–H groups in total. The Kier molecular flexibility index (Phi) is 3.97. The summed E-state index contributed by atoms with van der Waals surface area (Å²) in [4.78, 5) is 17.3. The zero-order valence-electron chi connectivity index (χ0n) is 13.0. The van der Waals surface area contributed by atoms with Gasteiger partial charge in [0.15, 0.2) is 11.3 Å². The fourth-order valence-electron chi connectivity index (χ4n) is 2.86. The molecule has 5 nitrogen and oxygen atoms in total. The van der Waals surface area contributed by atoms with Crippen molar-refractivity contribution in [2.45, 2.75) is 6.17 Å². The second kappa shape index (κ2) is 6.16. The van der Waals surface area contributed by atoms with Crippen molar-refractivity contribution in [3.05, 3.63) is 69.4 Å². The average molecular weight is 375 g/mol. The Morgan fingerprint density at radius 1 is 1.24 bits per heavy atom. The van der Waals surface area contributed by atoms with E-state index in [9.17, 15) is 9.18 Å². The number of benzene rings is 2. The summed E-state index contributed by atoms with van der Waals surface area (Å²) in [7, 11) is 0. The molecule has 2 aromatic rings. The average Bonchev–Trinajstić information content (AvgIpc) is 2.61. The number of para-hydroxylation sites is 1. The number of halogens is 2. The number of carbonyl (C=O) groups is 1. The third kappa shape index (κ3) is 2.60. The van der Waals surface area contributed by atoms with E-state index in [0.717, 1.165) is 0 Å². The van der Waals surface area contributed by atoms with Crippen molar-refractivity contribution >= 4 is 40.1 Å². The van der Waals surface area contributed by atoms with Gasteiger partial charge in [0.1, 0.15) is 11.5 Å². The molecule has 0 bridgehead atoms. The van der Waals surface area contributed by atoms with Crippen LogP contribution in [-0.4, -0.2) is 22.3 Å². The molecule has 2 aromatic carbocycles. The number of nitrogens with zero attached hydrogens (tertiary/aromatic N) is 3. The maximum Gasteiger partial charge on any atom is 0.276 e. The number of hydrazone groups is 1. The summed E-state index contributed by atoms with van der Waals surface area (Å²) in [5, 5.41) is 10.5. The summed E-state index contributed by atoms with van der Waals surface area (Å²) in [5.41, 5.74) is 0.516. The number of fused-ring (bicyclic) bond motifs is 2. The Balaban J connectivity index is 2.04. The standard InChI is InChI=1S/C17H12ClFN4OS/c1-25-17-21-16(24)14-9-5-2-3-8-12(9)20-15(23(14)22-17)13-10(18)6-4-7-11(13)19/h2-8,15H,1H3,(H,21,22,24)/t15-/m1/s1. The Hall–Kier alpha value is -2.38. The minimum atomic E-state index is -0.855. The van der Waals surface area contributed by atoms with Crippen molar-refractivity contribution in [2.24, 2.45) is 10.1 Å². The van der Waals surface area contributed by atoms with E-state index in [-0.39, 0.29) is 16.5 Å². The molecule has 1 atom stereocenters. The molecule has 4 rings (SSSR count). The lowest BCUT2D eigenvalue weighted by Gasteiger charge is -2.34. The summed E-state index contributed by atoms with van der Waals surface area (Å²) in [5.74, 6) is -0.800.